The molecule has 1 aromatic rings. The molecule has 0 aromatic carbocycles. The van der Waals surface area contributed by atoms with E-state index < -0.39 is 5.97 Å². The van der Waals surface area contributed by atoms with Crippen molar-refractivity contribution in [1.82, 2.24) is 9.78 Å². The number of methoxy groups -OCH3 is 1. The van der Waals surface area contributed by atoms with Gasteiger partial charge >= 0.3 is 5.97 Å². The first-order chi connectivity index (χ1) is 10.0. The van der Waals surface area contributed by atoms with Crippen molar-refractivity contribution in [3.63, 3.8) is 0 Å². The van der Waals surface area contributed by atoms with Gasteiger partial charge in [0.25, 0.3) is 5.56 Å². The van der Waals surface area contributed by atoms with Crippen LogP contribution in [0.5, 0.6) is 0 Å². The predicted octanol–water partition coefficient (Wildman–Crippen LogP) is 2.17. The quantitative estimate of drug-likeness (QED) is 0.836. The minimum absolute atomic E-state index is 0.186. The molecule has 1 fully saturated rings. The topological polar surface area (TPSA) is 73.2 Å². The van der Waals surface area contributed by atoms with Crippen molar-refractivity contribution < 1.29 is 9.53 Å². The minimum atomic E-state index is -0.502. The van der Waals surface area contributed by atoms with Gasteiger partial charge in [-0.15, -0.1) is 0 Å². The third-order valence-electron chi connectivity index (χ3n) is 3.94. The molecule has 0 aliphatic heterocycles. The number of hydrogen-bond acceptors (Lipinski definition) is 5. The highest BCUT2D eigenvalue weighted by Crippen LogP contribution is 2.28. The summed E-state index contributed by atoms with van der Waals surface area (Å²) < 4.78 is 6.04. The summed E-state index contributed by atoms with van der Waals surface area (Å²) in [6.45, 7) is 2.03. The Labute approximate surface area is 132 Å². The van der Waals surface area contributed by atoms with Crippen LogP contribution < -0.4 is 10.9 Å². The zero-order valence-corrected chi connectivity index (χ0v) is 13.9. The summed E-state index contributed by atoms with van der Waals surface area (Å²) in [4.78, 5) is 23.4. The molecule has 1 saturated carbocycles. The highest BCUT2D eigenvalue weighted by Gasteiger charge is 2.22. The minimum Gasteiger partial charge on any atom is -0.468 e. The van der Waals surface area contributed by atoms with Crippen LogP contribution >= 0.6 is 15.9 Å². The Morgan fingerprint density at radius 1 is 1.52 bits per heavy atom. The molecule has 0 radical (unpaired) electrons. The number of nitrogens with one attached hydrogen (secondary N) is 1. The van der Waals surface area contributed by atoms with Crippen molar-refractivity contribution in [2.24, 2.45) is 5.92 Å². The second-order valence-electron chi connectivity index (χ2n) is 5.42. The second kappa shape index (κ2) is 7.06. The summed E-state index contributed by atoms with van der Waals surface area (Å²) >= 11 is 3.30. The first-order valence-corrected chi connectivity index (χ1v) is 7.91. The van der Waals surface area contributed by atoms with Crippen LogP contribution in [0, 0.1) is 5.92 Å². The number of esters is 1. The number of nitrogens with zero attached hydrogens (tertiary/aromatic N) is 2. The molecule has 21 heavy (non-hydrogen) atoms. The Morgan fingerprint density at radius 2 is 2.24 bits per heavy atom. The zero-order chi connectivity index (χ0) is 15.4. The van der Waals surface area contributed by atoms with Gasteiger partial charge in [-0.3, -0.25) is 9.59 Å². The van der Waals surface area contributed by atoms with Crippen LogP contribution in [-0.2, 0) is 16.1 Å². The Kier molecular flexibility index (Phi) is 5.39. The number of anilines is 1. The molecule has 0 amide bonds. The lowest BCUT2D eigenvalue weighted by molar-refractivity contribution is -0.141. The van der Waals surface area contributed by atoms with E-state index >= 15 is 0 Å². The standard InChI is InChI=1S/C14H20BrN3O3/c1-9-5-3-4-6-10(9)17-11-7-16-18(8-12(19)21-2)14(20)13(11)15/h7,9-10,17H,3-6,8H2,1-2H3. The molecule has 7 heteroatoms. The third kappa shape index (κ3) is 3.84. The number of carbonyl (C=O) groups is 1. The maximum Gasteiger partial charge on any atom is 0.327 e. The lowest BCUT2D eigenvalue weighted by Crippen LogP contribution is -2.33. The van der Waals surface area contributed by atoms with Gasteiger partial charge in [-0.1, -0.05) is 19.8 Å². The van der Waals surface area contributed by atoms with E-state index in [4.69, 9.17) is 0 Å². The number of rotatable bonds is 4. The molecule has 0 saturated heterocycles. The van der Waals surface area contributed by atoms with E-state index in [0.29, 0.717) is 22.1 Å². The molecule has 1 aliphatic rings. The van der Waals surface area contributed by atoms with Crippen LogP contribution in [0.3, 0.4) is 0 Å². The Bertz CT molecular complexity index is 573. The van der Waals surface area contributed by atoms with Crippen molar-refractivity contribution in [2.45, 2.75) is 45.2 Å². The van der Waals surface area contributed by atoms with Crippen molar-refractivity contribution in [3.05, 3.63) is 21.0 Å². The monoisotopic (exact) mass is 357 g/mol. The van der Waals surface area contributed by atoms with Crippen LogP contribution in [0.25, 0.3) is 0 Å². The molecular formula is C14H20BrN3O3. The lowest BCUT2D eigenvalue weighted by atomic mass is 9.86. The van der Waals surface area contributed by atoms with Crippen LogP contribution in [0.15, 0.2) is 15.5 Å². The molecule has 2 unspecified atom stereocenters. The van der Waals surface area contributed by atoms with E-state index in [9.17, 15) is 9.59 Å². The summed E-state index contributed by atoms with van der Waals surface area (Å²) in [7, 11) is 1.28. The third-order valence-corrected chi connectivity index (χ3v) is 4.71. The van der Waals surface area contributed by atoms with Gasteiger partial charge in [0.05, 0.1) is 19.0 Å². The van der Waals surface area contributed by atoms with Crippen molar-refractivity contribution in [2.75, 3.05) is 12.4 Å². The predicted molar refractivity (Wildman–Crippen MR) is 83.3 cm³/mol. The average molecular weight is 358 g/mol. The van der Waals surface area contributed by atoms with Gasteiger partial charge in [-0.05, 0) is 34.7 Å². The molecule has 6 nitrogen and oxygen atoms in total. The smallest absolute Gasteiger partial charge is 0.327 e. The van der Waals surface area contributed by atoms with E-state index in [2.05, 4.69) is 38.0 Å². The molecule has 1 aliphatic carbocycles. The van der Waals surface area contributed by atoms with Gasteiger partial charge in [0.1, 0.15) is 11.0 Å². The maximum atomic E-state index is 12.2. The highest BCUT2D eigenvalue weighted by atomic mass is 79.9. The molecule has 1 heterocycles. The zero-order valence-electron chi connectivity index (χ0n) is 12.3. The number of ether oxygens (including phenoxy) is 1. The van der Waals surface area contributed by atoms with Crippen molar-refractivity contribution in [1.29, 1.82) is 0 Å². The van der Waals surface area contributed by atoms with Crippen molar-refractivity contribution in [3.8, 4) is 0 Å². The summed E-state index contributed by atoms with van der Waals surface area (Å²) in [5, 5.41) is 7.42. The number of carbonyl (C=O) groups excluding carboxylic acids is 1. The van der Waals surface area contributed by atoms with Crippen LogP contribution in [0.2, 0.25) is 0 Å². The second-order valence-corrected chi connectivity index (χ2v) is 6.22. The van der Waals surface area contributed by atoms with E-state index in [1.807, 2.05) is 0 Å². The van der Waals surface area contributed by atoms with Gasteiger partial charge in [0, 0.05) is 6.04 Å². The molecule has 1 aromatic heterocycles. The molecule has 1 N–H and O–H groups in total. The molecule has 2 rings (SSSR count). The van der Waals surface area contributed by atoms with E-state index in [1.165, 1.54) is 26.4 Å². The van der Waals surface area contributed by atoms with Gasteiger partial charge in [0.2, 0.25) is 0 Å². The molecule has 116 valence electrons. The van der Waals surface area contributed by atoms with Gasteiger partial charge in [0.15, 0.2) is 0 Å². The number of hydrogen-bond donors (Lipinski definition) is 1. The summed E-state index contributed by atoms with van der Waals surface area (Å²) in [5.74, 6) is 0.0706. The Balaban J connectivity index is 2.16. The normalized spacial score (nSPS) is 21.9. The van der Waals surface area contributed by atoms with Gasteiger partial charge in [-0.25, -0.2) is 4.68 Å². The fourth-order valence-electron chi connectivity index (χ4n) is 2.60. The van der Waals surface area contributed by atoms with Gasteiger partial charge in [-0.2, -0.15) is 5.10 Å². The Hall–Kier alpha value is -1.37. The summed E-state index contributed by atoms with van der Waals surface area (Å²) in [5.41, 5.74) is 0.341. The lowest BCUT2D eigenvalue weighted by Gasteiger charge is -2.30. The molecule has 0 spiro atoms. The Morgan fingerprint density at radius 3 is 2.90 bits per heavy atom. The fraction of sp³-hybridized carbons (Fsp3) is 0.643. The van der Waals surface area contributed by atoms with E-state index in [-0.39, 0.29) is 12.1 Å². The van der Waals surface area contributed by atoms with Crippen LogP contribution in [0.4, 0.5) is 5.69 Å². The first kappa shape index (κ1) is 16.0. The van der Waals surface area contributed by atoms with E-state index in [1.54, 1.807) is 6.20 Å². The van der Waals surface area contributed by atoms with Gasteiger partial charge < -0.3 is 10.1 Å². The molecule has 2 atom stereocenters. The van der Waals surface area contributed by atoms with E-state index in [0.717, 1.165) is 11.1 Å². The number of aromatic nitrogens is 2. The van der Waals surface area contributed by atoms with Crippen molar-refractivity contribution >= 4 is 27.6 Å². The van der Waals surface area contributed by atoms with Crippen LogP contribution in [-0.4, -0.2) is 28.9 Å². The molecular weight excluding hydrogens is 338 g/mol. The summed E-state index contributed by atoms with van der Waals surface area (Å²) in [6, 6.07) is 0.354. The highest BCUT2D eigenvalue weighted by molar-refractivity contribution is 9.10. The largest absolute Gasteiger partial charge is 0.468 e. The average Bonchev–Trinajstić information content (AvgIpc) is 2.48. The fourth-order valence-corrected chi connectivity index (χ4v) is 3.02. The van der Waals surface area contributed by atoms with Crippen LogP contribution in [0.1, 0.15) is 32.6 Å². The summed E-state index contributed by atoms with van der Waals surface area (Å²) in [6.07, 6.45) is 6.34. The SMILES string of the molecule is COC(=O)Cn1ncc(NC2CCCCC2C)c(Br)c1=O. The first-order valence-electron chi connectivity index (χ1n) is 7.12. The molecule has 0 bridgehead atoms. The maximum absolute atomic E-state index is 12.2. The number of halogens is 1.